The van der Waals surface area contributed by atoms with Gasteiger partial charge in [0.1, 0.15) is 5.75 Å². The molecule has 1 saturated heterocycles. The Balaban J connectivity index is 1.81. The van der Waals surface area contributed by atoms with Crippen molar-refractivity contribution in [3.8, 4) is 17.0 Å². The highest BCUT2D eigenvalue weighted by Gasteiger charge is 2.47. The molecule has 1 aliphatic heterocycles. The zero-order chi connectivity index (χ0) is 23.3. The minimum absolute atomic E-state index is 0.252. The molecule has 0 radical (unpaired) electrons. The molecule has 0 aromatic carbocycles. The van der Waals surface area contributed by atoms with Crippen molar-refractivity contribution in [3.63, 3.8) is 0 Å². The van der Waals surface area contributed by atoms with E-state index < -0.39 is 47.6 Å². The lowest BCUT2D eigenvalue weighted by Crippen LogP contribution is -2.55. The van der Waals surface area contributed by atoms with Crippen molar-refractivity contribution in [3.05, 3.63) is 42.6 Å². The maximum absolute atomic E-state index is 13.4. The van der Waals surface area contributed by atoms with E-state index in [9.17, 15) is 18.8 Å². The van der Waals surface area contributed by atoms with E-state index in [4.69, 9.17) is 18.9 Å². The van der Waals surface area contributed by atoms with Crippen molar-refractivity contribution in [2.45, 2.75) is 44.5 Å². The second kappa shape index (κ2) is 10.4. The molecule has 3 rings (SSSR count). The fourth-order valence-corrected chi connectivity index (χ4v) is 4.34. The summed E-state index contributed by atoms with van der Waals surface area (Å²) in [6.07, 6.45) is -0.106. The van der Waals surface area contributed by atoms with Crippen LogP contribution >= 0.6 is 11.8 Å². The summed E-state index contributed by atoms with van der Waals surface area (Å²) in [7, 11) is 0. The molecule has 11 heteroatoms. The number of halogens is 1. The van der Waals surface area contributed by atoms with E-state index in [1.54, 1.807) is 18.2 Å². The lowest BCUT2D eigenvalue weighted by atomic mass is 10.1. The van der Waals surface area contributed by atoms with Crippen LogP contribution in [0.4, 0.5) is 4.39 Å². The molecule has 0 aliphatic carbocycles. The summed E-state index contributed by atoms with van der Waals surface area (Å²) in [6, 6.07) is 6.16. The predicted molar refractivity (Wildman–Crippen MR) is 111 cm³/mol. The van der Waals surface area contributed by atoms with Crippen LogP contribution in [0.25, 0.3) is 11.3 Å². The van der Waals surface area contributed by atoms with E-state index in [0.717, 1.165) is 0 Å². The third kappa shape index (κ3) is 6.16. The zero-order valence-corrected chi connectivity index (χ0v) is 18.3. The van der Waals surface area contributed by atoms with Gasteiger partial charge in [0, 0.05) is 44.4 Å². The van der Waals surface area contributed by atoms with Gasteiger partial charge in [-0.15, -0.1) is 11.8 Å². The first-order chi connectivity index (χ1) is 15.2. The smallest absolute Gasteiger partial charge is 0.303 e. The Morgan fingerprint density at radius 2 is 1.66 bits per heavy atom. The van der Waals surface area contributed by atoms with Gasteiger partial charge in [-0.2, -0.15) is 4.39 Å². The number of thioether (sulfide) groups is 1. The van der Waals surface area contributed by atoms with Crippen molar-refractivity contribution < 1.29 is 37.7 Å². The van der Waals surface area contributed by atoms with Crippen LogP contribution in [0.5, 0.6) is 5.75 Å². The largest absolute Gasteiger partial charge is 0.474 e. The second-order valence-corrected chi connectivity index (χ2v) is 7.99. The number of esters is 3. The van der Waals surface area contributed by atoms with Gasteiger partial charge in [0.2, 0.25) is 5.95 Å². The van der Waals surface area contributed by atoms with Gasteiger partial charge in [0.25, 0.3) is 0 Å². The highest BCUT2D eigenvalue weighted by molar-refractivity contribution is 7.99. The molecule has 0 N–H and O–H groups in total. The maximum Gasteiger partial charge on any atom is 0.303 e. The fourth-order valence-electron chi connectivity index (χ4n) is 3.13. The summed E-state index contributed by atoms with van der Waals surface area (Å²) in [5.74, 6) is -1.80. The third-order valence-corrected chi connectivity index (χ3v) is 5.53. The van der Waals surface area contributed by atoms with Crippen LogP contribution in [0.3, 0.4) is 0 Å². The van der Waals surface area contributed by atoms with Gasteiger partial charge in [-0.3, -0.25) is 19.4 Å². The molecule has 1 fully saturated rings. The number of nitrogens with zero attached hydrogens (tertiary/aromatic N) is 2. The molecule has 0 amide bonds. The lowest BCUT2D eigenvalue weighted by Gasteiger charge is -2.39. The Bertz CT molecular complexity index is 988. The van der Waals surface area contributed by atoms with Gasteiger partial charge in [-0.1, -0.05) is 0 Å². The standard InChI is InChI=1S/C21H21FN2O7S/c1-11(25)28-17-10-32-21(20(30-13(3)27)19(17)29-12(2)26)31-15-4-5-16(24-9-15)14-6-7-23-18(22)8-14/h4-9,17,19-21H,10H2,1-3H3/t17-,19+,20-,21-/m1/s1. The Labute approximate surface area is 187 Å². The summed E-state index contributed by atoms with van der Waals surface area (Å²) in [4.78, 5) is 42.6. The number of hydrogen-bond acceptors (Lipinski definition) is 10. The Morgan fingerprint density at radius 1 is 0.969 bits per heavy atom. The van der Waals surface area contributed by atoms with Crippen molar-refractivity contribution in [2.75, 3.05) is 5.75 Å². The normalized spacial score (nSPS) is 22.5. The first-order valence-corrected chi connectivity index (χ1v) is 10.7. The summed E-state index contributed by atoms with van der Waals surface area (Å²) in [5.41, 5.74) is 0.299. The Hall–Kier alpha value is -3.21. The van der Waals surface area contributed by atoms with E-state index in [1.165, 1.54) is 51.0 Å². The number of carbonyl (C=O) groups is 3. The first-order valence-electron chi connectivity index (χ1n) is 9.61. The van der Waals surface area contributed by atoms with E-state index in [-0.39, 0.29) is 5.75 Å². The first kappa shape index (κ1) is 23.5. The monoisotopic (exact) mass is 464 g/mol. The minimum Gasteiger partial charge on any atom is -0.474 e. The van der Waals surface area contributed by atoms with E-state index >= 15 is 0 Å². The van der Waals surface area contributed by atoms with Crippen LogP contribution in [-0.2, 0) is 28.6 Å². The zero-order valence-electron chi connectivity index (χ0n) is 17.5. The molecule has 0 saturated carbocycles. The van der Waals surface area contributed by atoms with Gasteiger partial charge in [-0.25, -0.2) is 4.98 Å². The van der Waals surface area contributed by atoms with Crippen molar-refractivity contribution in [2.24, 2.45) is 0 Å². The average Bonchev–Trinajstić information content (AvgIpc) is 2.72. The minimum atomic E-state index is -1.04. The number of rotatable bonds is 6. The van der Waals surface area contributed by atoms with Crippen LogP contribution in [0.2, 0.25) is 0 Å². The highest BCUT2D eigenvalue weighted by atomic mass is 32.2. The van der Waals surface area contributed by atoms with Gasteiger partial charge in [0.05, 0.1) is 11.9 Å². The van der Waals surface area contributed by atoms with Crippen molar-refractivity contribution in [1.29, 1.82) is 0 Å². The van der Waals surface area contributed by atoms with Crippen LogP contribution < -0.4 is 4.74 Å². The molecule has 32 heavy (non-hydrogen) atoms. The number of ether oxygens (including phenoxy) is 4. The molecule has 1 aliphatic rings. The van der Waals surface area contributed by atoms with Gasteiger partial charge in [0.15, 0.2) is 23.7 Å². The molecule has 9 nitrogen and oxygen atoms in total. The van der Waals surface area contributed by atoms with Crippen LogP contribution in [0.1, 0.15) is 20.8 Å². The van der Waals surface area contributed by atoms with Crippen molar-refractivity contribution in [1.82, 2.24) is 9.97 Å². The van der Waals surface area contributed by atoms with Gasteiger partial charge < -0.3 is 18.9 Å². The average molecular weight is 464 g/mol. The number of aromatic nitrogens is 2. The van der Waals surface area contributed by atoms with E-state index in [1.807, 2.05) is 0 Å². The van der Waals surface area contributed by atoms with E-state index in [2.05, 4.69) is 9.97 Å². The third-order valence-electron chi connectivity index (χ3n) is 4.32. The van der Waals surface area contributed by atoms with Crippen LogP contribution in [-0.4, -0.2) is 57.4 Å². The molecule has 2 aromatic rings. The van der Waals surface area contributed by atoms with Crippen LogP contribution in [0.15, 0.2) is 36.7 Å². The quantitative estimate of drug-likeness (QED) is 0.359. The Kier molecular flexibility index (Phi) is 7.62. The van der Waals surface area contributed by atoms with Gasteiger partial charge >= 0.3 is 17.9 Å². The molecular formula is C21H21FN2O7S. The van der Waals surface area contributed by atoms with Crippen molar-refractivity contribution >= 4 is 29.7 Å². The number of hydrogen-bond donors (Lipinski definition) is 0. The summed E-state index contributed by atoms with van der Waals surface area (Å²) >= 11 is 1.24. The summed E-state index contributed by atoms with van der Waals surface area (Å²) < 4.78 is 35.3. The Morgan fingerprint density at radius 3 is 2.25 bits per heavy atom. The second-order valence-electron chi connectivity index (χ2n) is 6.86. The SMILES string of the molecule is CC(=O)O[C@@H]1[C@@H](OC(C)=O)[C@H](OC(C)=O)CS[C@H]1Oc1ccc(-c2ccnc(F)c2)nc1. The highest BCUT2D eigenvalue weighted by Crippen LogP contribution is 2.34. The molecule has 0 spiro atoms. The number of carbonyl (C=O) groups excluding carboxylic acids is 3. The summed E-state index contributed by atoms with van der Waals surface area (Å²) in [5, 5.41) is 0. The maximum atomic E-state index is 13.4. The molecule has 4 atom stereocenters. The predicted octanol–water partition coefficient (Wildman–Crippen LogP) is 2.53. The van der Waals surface area contributed by atoms with Gasteiger partial charge in [-0.05, 0) is 18.2 Å². The summed E-state index contributed by atoms with van der Waals surface area (Å²) in [6.45, 7) is 3.66. The molecule has 2 aromatic heterocycles. The topological polar surface area (TPSA) is 114 Å². The molecule has 3 heterocycles. The fraction of sp³-hybridized carbons (Fsp3) is 0.381. The molecular weight excluding hydrogens is 443 g/mol. The lowest BCUT2D eigenvalue weighted by molar-refractivity contribution is -0.186. The molecule has 170 valence electrons. The molecule has 0 bridgehead atoms. The van der Waals surface area contributed by atoms with E-state index in [0.29, 0.717) is 17.0 Å². The number of pyridine rings is 2. The molecule has 0 unspecified atom stereocenters. The van der Waals surface area contributed by atoms with Crippen LogP contribution in [0, 0.1) is 5.95 Å².